The lowest BCUT2D eigenvalue weighted by Gasteiger charge is -2.17. The van der Waals surface area contributed by atoms with E-state index in [1.807, 2.05) is 23.9 Å². The molecule has 0 spiro atoms. The third kappa shape index (κ3) is 6.10. The van der Waals surface area contributed by atoms with Gasteiger partial charge in [-0.05, 0) is 18.2 Å². The van der Waals surface area contributed by atoms with Gasteiger partial charge in [0.05, 0.1) is 0 Å². The summed E-state index contributed by atoms with van der Waals surface area (Å²) in [7, 11) is 0. The Morgan fingerprint density at radius 3 is 2.67 bits per heavy atom. The molecule has 84 valence electrons. The van der Waals surface area contributed by atoms with Crippen molar-refractivity contribution >= 4 is 33.4 Å². The number of halogens is 1. The Kier molecular flexibility index (Phi) is 5.00. The first kappa shape index (κ1) is 12.9. The Labute approximate surface area is 105 Å². The van der Waals surface area contributed by atoms with E-state index in [0.29, 0.717) is 4.75 Å². The van der Waals surface area contributed by atoms with Gasteiger partial charge in [-0.1, -0.05) is 42.8 Å². The van der Waals surface area contributed by atoms with Crippen LogP contribution in [0, 0.1) is 0 Å². The zero-order valence-corrected chi connectivity index (χ0v) is 11.9. The first-order valence-corrected chi connectivity index (χ1v) is 6.89. The lowest BCUT2D eigenvalue weighted by Crippen LogP contribution is -2.12. The van der Waals surface area contributed by atoms with Crippen LogP contribution in [0.4, 0.5) is 5.69 Å². The van der Waals surface area contributed by atoms with Gasteiger partial charge in [-0.15, -0.1) is 0 Å². The van der Waals surface area contributed by atoms with E-state index in [0.717, 1.165) is 16.8 Å². The lowest BCUT2D eigenvalue weighted by atomic mass is 10.3. The zero-order valence-electron chi connectivity index (χ0n) is 9.51. The molecule has 0 amide bonds. The van der Waals surface area contributed by atoms with Crippen molar-refractivity contribution in [2.24, 2.45) is 0 Å². The number of nitrogens with one attached hydrogen (secondary N) is 1. The monoisotopic (exact) mass is 287 g/mol. The van der Waals surface area contributed by atoms with Gasteiger partial charge in [-0.3, -0.25) is 0 Å². The molecule has 1 N–H and O–H groups in total. The number of anilines is 1. The third-order valence-corrected chi connectivity index (χ3v) is 3.56. The maximum Gasteiger partial charge on any atom is 0.0351 e. The molecule has 0 aliphatic carbocycles. The molecule has 0 heterocycles. The smallest absolute Gasteiger partial charge is 0.0351 e. The summed E-state index contributed by atoms with van der Waals surface area (Å²) in [5.74, 6) is 1.13. The quantitative estimate of drug-likeness (QED) is 0.824. The zero-order chi connectivity index (χ0) is 11.3. The van der Waals surface area contributed by atoms with E-state index in [2.05, 4.69) is 54.2 Å². The Morgan fingerprint density at radius 1 is 1.33 bits per heavy atom. The highest BCUT2D eigenvalue weighted by atomic mass is 79.9. The SMILES string of the molecule is CC(C)(C)SCCNc1cccc(Br)c1. The van der Waals surface area contributed by atoms with Crippen molar-refractivity contribution < 1.29 is 0 Å². The first-order valence-electron chi connectivity index (χ1n) is 5.11. The largest absolute Gasteiger partial charge is 0.384 e. The molecule has 1 aromatic carbocycles. The lowest BCUT2D eigenvalue weighted by molar-refractivity contribution is 0.802. The molecular formula is C12H18BrNS. The minimum absolute atomic E-state index is 0.360. The van der Waals surface area contributed by atoms with Crippen molar-refractivity contribution in [2.45, 2.75) is 25.5 Å². The standard InChI is InChI=1S/C12H18BrNS/c1-12(2,3)15-8-7-14-11-6-4-5-10(13)9-11/h4-6,9,14H,7-8H2,1-3H3. The van der Waals surface area contributed by atoms with Crippen LogP contribution in [0.15, 0.2) is 28.7 Å². The molecule has 0 radical (unpaired) electrons. The maximum atomic E-state index is 3.46. The van der Waals surface area contributed by atoms with Crippen LogP contribution in [-0.4, -0.2) is 17.0 Å². The van der Waals surface area contributed by atoms with Gasteiger partial charge in [0.2, 0.25) is 0 Å². The van der Waals surface area contributed by atoms with E-state index in [1.54, 1.807) is 0 Å². The summed E-state index contributed by atoms with van der Waals surface area (Å²) >= 11 is 5.44. The number of hydrogen-bond donors (Lipinski definition) is 1. The van der Waals surface area contributed by atoms with E-state index in [1.165, 1.54) is 5.69 Å². The normalized spacial score (nSPS) is 11.5. The second-order valence-corrected chi connectivity index (χ2v) is 7.24. The molecule has 0 fully saturated rings. The number of benzene rings is 1. The van der Waals surface area contributed by atoms with Crippen LogP contribution in [0.5, 0.6) is 0 Å². The van der Waals surface area contributed by atoms with Gasteiger partial charge in [0.25, 0.3) is 0 Å². The molecule has 15 heavy (non-hydrogen) atoms. The van der Waals surface area contributed by atoms with E-state index in [-0.39, 0.29) is 0 Å². The minimum atomic E-state index is 0.360. The minimum Gasteiger partial charge on any atom is -0.384 e. The molecule has 0 atom stereocenters. The van der Waals surface area contributed by atoms with Gasteiger partial charge in [-0.2, -0.15) is 11.8 Å². The van der Waals surface area contributed by atoms with Gasteiger partial charge in [0.1, 0.15) is 0 Å². The van der Waals surface area contributed by atoms with Crippen LogP contribution >= 0.6 is 27.7 Å². The molecule has 0 aliphatic rings. The molecule has 0 unspecified atom stereocenters. The van der Waals surface area contributed by atoms with E-state index in [9.17, 15) is 0 Å². The van der Waals surface area contributed by atoms with Crippen molar-refractivity contribution in [1.82, 2.24) is 0 Å². The van der Waals surface area contributed by atoms with Crippen molar-refractivity contribution in [2.75, 3.05) is 17.6 Å². The summed E-state index contributed by atoms with van der Waals surface area (Å²) in [6.45, 7) is 7.75. The summed E-state index contributed by atoms with van der Waals surface area (Å²) in [5.41, 5.74) is 1.18. The fraction of sp³-hybridized carbons (Fsp3) is 0.500. The summed E-state index contributed by atoms with van der Waals surface area (Å²) in [5, 5.41) is 3.41. The van der Waals surface area contributed by atoms with Crippen LogP contribution in [0.3, 0.4) is 0 Å². The Morgan fingerprint density at radius 2 is 2.07 bits per heavy atom. The average Bonchev–Trinajstić information content (AvgIpc) is 2.11. The number of thioether (sulfide) groups is 1. The first-order chi connectivity index (χ1) is 6.97. The predicted octanol–water partition coefficient (Wildman–Crippen LogP) is 4.39. The van der Waals surface area contributed by atoms with Crippen molar-refractivity contribution in [3.63, 3.8) is 0 Å². The van der Waals surface area contributed by atoms with Gasteiger partial charge in [-0.25, -0.2) is 0 Å². The highest BCUT2D eigenvalue weighted by Gasteiger charge is 2.09. The Hall–Kier alpha value is -0.150. The van der Waals surface area contributed by atoms with E-state index < -0.39 is 0 Å². The number of rotatable bonds is 4. The van der Waals surface area contributed by atoms with E-state index in [4.69, 9.17) is 0 Å². The van der Waals surface area contributed by atoms with Crippen molar-refractivity contribution in [1.29, 1.82) is 0 Å². The molecule has 0 saturated carbocycles. The summed E-state index contributed by atoms with van der Waals surface area (Å²) in [6, 6.07) is 8.27. The summed E-state index contributed by atoms with van der Waals surface area (Å²) in [6.07, 6.45) is 0. The number of hydrogen-bond acceptors (Lipinski definition) is 2. The van der Waals surface area contributed by atoms with Gasteiger partial charge < -0.3 is 5.32 Å². The molecule has 1 nitrogen and oxygen atoms in total. The topological polar surface area (TPSA) is 12.0 Å². The van der Waals surface area contributed by atoms with Crippen LogP contribution in [0.1, 0.15) is 20.8 Å². The molecule has 1 aromatic rings. The highest BCUT2D eigenvalue weighted by Crippen LogP contribution is 2.22. The highest BCUT2D eigenvalue weighted by molar-refractivity contribution is 9.10. The predicted molar refractivity (Wildman–Crippen MR) is 74.8 cm³/mol. The molecule has 1 rings (SSSR count). The third-order valence-electron chi connectivity index (χ3n) is 1.79. The van der Waals surface area contributed by atoms with Crippen LogP contribution in [0.25, 0.3) is 0 Å². The van der Waals surface area contributed by atoms with Gasteiger partial charge in [0, 0.05) is 27.2 Å². The Balaban J connectivity index is 2.26. The van der Waals surface area contributed by atoms with E-state index >= 15 is 0 Å². The molecule has 0 aromatic heterocycles. The Bertz CT molecular complexity index is 307. The maximum absolute atomic E-state index is 3.46. The van der Waals surface area contributed by atoms with Crippen molar-refractivity contribution in [3.8, 4) is 0 Å². The second-order valence-electron chi connectivity index (χ2n) is 4.40. The van der Waals surface area contributed by atoms with Crippen LogP contribution in [-0.2, 0) is 0 Å². The summed E-state index contributed by atoms with van der Waals surface area (Å²) in [4.78, 5) is 0. The molecule has 0 aliphatic heterocycles. The summed E-state index contributed by atoms with van der Waals surface area (Å²) < 4.78 is 1.48. The van der Waals surface area contributed by atoms with Crippen molar-refractivity contribution in [3.05, 3.63) is 28.7 Å². The molecule has 3 heteroatoms. The average molecular weight is 288 g/mol. The van der Waals surface area contributed by atoms with Gasteiger partial charge in [0.15, 0.2) is 0 Å². The second kappa shape index (κ2) is 5.80. The molecule has 0 saturated heterocycles. The van der Waals surface area contributed by atoms with Crippen LogP contribution < -0.4 is 5.32 Å². The molecule has 0 bridgehead atoms. The fourth-order valence-corrected chi connectivity index (χ4v) is 2.37. The van der Waals surface area contributed by atoms with Gasteiger partial charge >= 0.3 is 0 Å². The fourth-order valence-electron chi connectivity index (χ4n) is 1.15. The molecular weight excluding hydrogens is 270 g/mol. The van der Waals surface area contributed by atoms with Crippen LogP contribution in [0.2, 0.25) is 0 Å².